The molecule has 2 heterocycles. The zero-order chi connectivity index (χ0) is 9.64. The van der Waals surface area contributed by atoms with Gasteiger partial charge in [-0.15, -0.1) is 0 Å². The molecule has 0 fully saturated rings. The van der Waals surface area contributed by atoms with Gasteiger partial charge >= 0.3 is 0 Å². The van der Waals surface area contributed by atoms with Crippen LogP contribution in [0.25, 0.3) is 0 Å². The Balaban J connectivity index is 2.64. The first kappa shape index (κ1) is 8.75. The molecule has 1 aliphatic heterocycles. The Labute approximate surface area is 85.5 Å². The number of nitrogens with one attached hydrogen (secondary N) is 1. The highest BCUT2D eigenvalue weighted by Gasteiger charge is 2.41. The second-order valence-electron chi connectivity index (χ2n) is 3.12. The Bertz CT molecular complexity index is 392. The van der Waals surface area contributed by atoms with Gasteiger partial charge in [-0.1, -0.05) is 27.5 Å². The number of carbonyl (C=O) groups is 1. The van der Waals surface area contributed by atoms with Crippen LogP contribution in [0.5, 0.6) is 0 Å². The summed E-state index contributed by atoms with van der Waals surface area (Å²) in [6.45, 7) is 1.77. The molecule has 0 bridgehead atoms. The van der Waals surface area contributed by atoms with E-state index in [0.717, 1.165) is 5.56 Å². The summed E-state index contributed by atoms with van der Waals surface area (Å²) in [5.41, 5.74) is 1.35. The first-order valence-electron chi connectivity index (χ1n) is 3.78. The van der Waals surface area contributed by atoms with Crippen molar-refractivity contribution in [3.63, 3.8) is 0 Å². The van der Waals surface area contributed by atoms with E-state index in [-0.39, 0.29) is 5.91 Å². The fourth-order valence-corrected chi connectivity index (χ4v) is 1.69. The van der Waals surface area contributed by atoms with Crippen LogP contribution in [0.2, 0.25) is 0 Å². The molecule has 1 amide bonds. The summed E-state index contributed by atoms with van der Waals surface area (Å²) in [5, 5.41) is 2.66. The number of hydrogen-bond donors (Lipinski definition) is 1. The highest BCUT2D eigenvalue weighted by Crippen LogP contribution is 2.40. The van der Waals surface area contributed by atoms with E-state index in [1.165, 1.54) is 6.20 Å². The number of amides is 1. The number of aromatic nitrogens is 1. The number of halogens is 1. The Morgan fingerprint density at radius 1 is 1.69 bits per heavy atom. The van der Waals surface area contributed by atoms with Gasteiger partial charge in [0.2, 0.25) is 5.91 Å². The minimum absolute atomic E-state index is 0.111. The summed E-state index contributed by atoms with van der Waals surface area (Å²) in [4.78, 5) is 15.4. The summed E-state index contributed by atoms with van der Waals surface area (Å²) in [6.07, 6.45) is 1.52. The quantitative estimate of drug-likeness (QED) is 0.525. The highest BCUT2D eigenvalue weighted by molar-refractivity contribution is 9.10. The van der Waals surface area contributed by atoms with E-state index >= 15 is 0 Å². The van der Waals surface area contributed by atoms with Gasteiger partial charge in [0.15, 0.2) is 0 Å². The highest BCUT2D eigenvalue weighted by atomic mass is 79.9. The van der Waals surface area contributed by atoms with Gasteiger partial charge in [0, 0.05) is 11.8 Å². The molecule has 13 heavy (non-hydrogen) atoms. The largest absolute Gasteiger partial charge is 0.309 e. The van der Waals surface area contributed by atoms with Crippen LogP contribution >= 0.6 is 15.9 Å². The molecular weight excluding hydrogens is 231 g/mol. The van der Waals surface area contributed by atoms with Crippen molar-refractivity contribution in [3.05, 3.63) is 17.8 Å². The Hall–Kier alpha value is -0.835. The maximum atomic E-state index is 11.4. The summed E-state index contributed by atoms with van der Waals surface area (Å²) in [6, 6.07) is 1.75. The lowest BCUT2D eigenvalue weighted by Crippen LogP contribution is -2.24. The van der Waals surface area contributed by atoms with Crippen LogP contribution in [-0.4, -0.2) is 18.7 Å². The topological polar surface area (TPSA) is 42.0 Å². The van der Waals surface area contributed by atoms with Crippen LogP contribution in [0.4, 0.5) is 5.82 Å². The molecule has 3 nitrogen and oxygen atoms in total. The number of pyridine rings is 1. The number of rotatable bonds is 0. The van der Waals surface area contributed by atoms with E-state index in [0.29, 0.717) is 11.3 Å². The average Bonchev–Trinajstić information content (AvgIpc) is 2.27. The van der Waals surface area contributed by atoms with Crippen molar-refractivity contribution < 1.29 is 4.79 Å². The van der Waals surface area contributed by atoms with Crippen molar-refractivity contribution in [2.24, 2.45) is 0 Å². The average molecular weight is 237 g/mol. The molecule has 1 N–H and O–H groups in total. The lowest BCUT2D eigenvalue weighted by Gasteiger charge is -2.12. The fraction of sp³-hybridized carbons (Fsp3) is 0.250. The van der Waals surface area contributed by atoms with Gasteiger partial charge in [-0.2, -0.15) is 0 Å². The second kappa shape index (κ2) is 2.58. The molecule has 2 radical (unpaired) electrons. The molecule has 5 heteroatoms. The van der Waals surface area contributed by atoms with E-state index < -0.39 is 4.32 Å². The molecule has 1 aliphatic rings. The van der Waals surface area contributed by atoms with Crippen LogP contribution < -0.4 is 10.8 Å². The predicted molar refractivity (Wildman–Crippen MR) is 54.5 cm³/mol. The van der Waals surface area contributed by atoms with Crippen molar-refractivity contribution in [3.8, 4) is 0 Å². The summed E-state index contributed by atoms with van der Waals surface area (Å²) in [5.74, 6) is 0.471. The van der Waals surface area contributed by atoms with Crippen molar-refractivity contribution in [2.75, 3.05) is 5.32 Å². The van der Waals surface area contributed by atoms with E-state index in [2.05, 4.69) is 26.2 Å². The van der Waals surface area contributed by atoms with Crippen molar-refractivity contribution in [2.45, 2.75) is 11.2 Å². The number of fused-ring (bicyclic) bond motifs is 1. The number of carbonyl (C=O) groups excluding carboxylic acids is 1. The molecule has 1 unspecified atom stereocenters. The molecule has 2 rings (SSSR count). The normalized spacial score (nSPS) is 25.5. The van der Waals surface area contributed by atoms with E-state index in [1.54, 1.807) is 13.0 Å². The van der Waals surface area contributed by atoms with Crippen LogP contribution in [0.1, 0.15) is 12.5 Å². The van der Waals surface area contributed by atoms with E-state index in [9.17, 15) is 4.79 Å². The predicted octanol–water partition coefficient (Wildman–Crippen LogP) is 0.438. The van der Waals surface area contributed by atoms with E-state index in [1.807, 2.05) is 0 Å². The molecule has 0 saturated carbocycles. The molecular formula is C8H6BBrN2O. The molecule has 1 atom stereocenters. The smallest absolute Gasteiger partial charge is 0.246 e. The molecule has 0 spiro atoms. The first-order chi connectivity index (χ1) is 6.01. The summed E-state index contributed by atoms with van der Waals surface area (Å²) in [7, 11) is 5.57. The van der Waals surface area contributed by atoms with E-state index in [4.69, 9.17) is 7.85 Å². The number of alkyl halides is 1. The zero-order valence-corrected chi connectivity index (χ0v) is 8.55. The van der Waals surface area contributed by atoms with Crippen molar-refractivity contribution in [1.82, 2.24) is 4.98 Å². The third kappa shape index (κ3) is 1.18. The molecule has 0 aliphatic carbocycles. The van der Waals surface area contributed by atoms with Gasteiger partial charge in [-0.3, -0.25) is 4.79 Å². The number of hydrogen-bond acceptors (Lipinski definition) is 2. The summed E-state index contributed by atoms with van der Waals surface area (Å²) < 4.78 is -0.704. The zero-order valence-electron chi connectivity index (χ0n) is 6.97. The standard InChI is InChI=1S/C8H6BBrN2O/c1-8(10)5-2-4(9)3-11-6(5)12-7(8)13/h2-3H,1H3,(H,11,12,13). The SMILES string of the molecule is [B]c1cnc2c(c1)C(C)(Br)C(=O)N2. The Morgan fingerprint density at radius 3 is 3.08 bits per heavy atom. The van der Waals surface area contributed by atoms with Gasteiger partial charge in [0.1, 0.15) is 18.0 Å². The van der Waals surface area contributed by atoms with Crippen molar-refractivity contribution >= 4 is 41.0 Å². The first-order valence-corrected chi connectivity index (χ1v) is 4.57. The van der Waals surface area contributed by atoms with Gasteiger partial charge < -0.3 is 5.32 Å². The van der Waals surface area contributed by atoms with Gasteiger partial charge in [0.05, 0.1) is 0 Å². The lowest BCUT2D eigenvalue weighted by molar-refractivity contribution is -0.117. The van der Waals surface area contributed by atoms with Crippen LogP contribution in [0.15, 0.2) is 12.3 Å². The second-order valence-corrected chi connectivity index (χ2v) is 4.71. The number of nitrogens with zero attached hydrogens (tertiary/aromatic N) is 1. The van der Waals surface area contributed by atoms with Crippen LogP contribution in [0, 0.1) is 0 Å². The molecule has 1 aromatic heterocycles. The van der Waals surface area contributed by atoms with Gasteiger partial charge in [-0.05, 0) is 6.92 Å². The Kier molecular flexibility index (Phi) is 1.73. The summed E-state index contributed by atoms with van der Waals surface area (Å²) >= 11 is 3.33. The maximum absolute atomic E-state index is 11.4. The fourth-order valence-electron chi connectivity index (χ4n) is 1.29. The minimum atomic E-state index is -0.704. The van der Waals surface area contributed by atoms with Crippen LogP contribution in [0.3, 0.4) is 0 Å². The molecule has 1 aromatic rings. The number of anilines is 1. The molecule has 0 saturated heterocycles. The lowest BCUT2D eigenvalue weighted by atomic mass is 9.94. The van der Waals surface area contributed by atoms with Crippen molar-refractivity contribution in [1.29, 1.82) is 0 Å². The van der Waals surface area contributed by atoms with Crippen LogP contribution in [-0.2, 0) is 9.12 Å². The molecule has 0 aromatic carbocycles. The minimum Gasteiger partial charge on any atom is -0.309 e. The molecule has 64 valence electrons. The third-order valence-corrected chi connectivity index (χ3v) is 2.86. The van der Waals surface area contributed by atoms with Gasteiger partial charge in [-0.25, -0.2) is 4.98 Å². The maximum Gasteiger partial charge on any atom is 0.246 e. The van der Waals surface area contributed by atoms with Gasteiger partial charge in [0.25, 0.3) is 0 Å². The Morgan fingerprint density at radius 2 is 2.38 bits per heavy atom. The monoisotopic (exact) mass is 236 g/mol. The third-order valence-electron chi connectivity index (χ3n) is 2.07.